The van der Waals surface area contributed by atoms with Gasteiger partial charge in [0.2, 0.25) is 5.91 Å². The van der Waals surface area contributed by atoms with Gasteiger partial charge in [-0.15, -0.1) is 5.48 Å². The molecule has 11 heteroatoms. The van der Waals surface area contributed by atoms with Crippen LogP contribution in [0.3, 0.4) is 0 Å². The van der Waals surface area contributed by atoms with Gasteiger partial charge in [-0.05, 0) is 68.1 Å². The molecule has 2 N–H and O–H groups in total. The van der Waals surface area contributed by atoms with Crippen LogP contribution in [0.5, 0.6) is 0 Å². The van der Waals surface area contributed by atoms with Crippen LogP contribution in [0, 0.1) is 12.7 Å². The number of nitrogens with zero attached hydrogens (tertiary/aromatic N) is 3. The van der Waals surface area contributed by atoms with Crippen molar-refractivity contribution in [2.45, 2.75) is 44.8 Å². The lowest BCUT2D eigenvalue weighted by Crippen LogP contribution is -2.37. The summed E-state index contributed by atoms with van der Waals surface area (Å²) in [7, 11) is 0. The third-order valence-corrected chi connectivity index (χ3v) is 7.33. The predicted molar refractivity (Wildman–Crippen MR) is 134 cm³/mol. The summed E-state index contributed by atoms with van der Waals surface area (Å²) >= 11 is 1.39. The van der Waals surface area contributed by atoms with E-state index < -0.39 is 23.6 Å². The van der Waals surface area contributed by atoms with Crippen LogP contribution in [0.15, 0.2) is 47.7 Å². The third-order valence-electron chi connectivity index (χ3n) is 6.61. The zero-order valence-electron chi connectivity index (χ0n) is 20.1. The van der Waals surface area contributed by atoms with E-state index in [-0.39, 0.29) is 19.0 Å². The second kappa shape index (κ2) is 9.90. The zero-order valence-corrected chi connectivity index (χ0v) is 20.9. The number of hydroxylamine groups is 1. The van der Waals surface area contributed by atoms with Gasteiger partial charge in [-0.25, -0.2) is 9.18 Å². The number of carbonyl (C=O) groups excluding carboxylic acids is 2. The van der Waals surface area contributed by atoms with E-state index in [0.717, 1.165) is 36.2 Å². The van der Waals surface area contributed by atoms with E-state index in [4.69, 9.17) is 9.57 Å². The second-order valence-corrected chi connectivity index (χ2v) is 9.77. The lowest BCUT2D eigenvalue weighted by atomic mass is 9.89. The lowest BCUT2D eigenvalue weighted by Gasteiger charge is -2.35. The van der Waals surface area contributed by atoms with Crippen molar-refractivity contribution < 1.29 is 23.6 Å². The Balaban J connectivity index is 1.41. The number of carbonyl (C=O) groups is 2. The van der Waals surface area contributed by atoms with Gasteiger partial charge in [0, 0.05) is 30.1 Å². The van der Waals surface area contributed by atoms with Crippen molar-refractivity contribution in [1.29, 1.82) is 0 Å². The van der Waals surface area contributed by atoms with Gasteiger partial charge < -0.3 is 19.8 Å². The molecule has 3 aliphatic heterocycles. The van der Waals surface area contributed by atoms with Crippen molar-refractivity contribution in [3.05, 3.63) is 64.8 Å². The Bertz CT molecular complexity index is 1230. The molecular weight excluding hydrogens is 485 g/mol. The Labute approximate surface area is 212 Å². The average molecular weight is 514 g/mol. The molecule has 190 valence electrons. The minimum absolute atomic E-state index is 0.202. The molecule has 0 bridgehead atoms. The summed E-state index contributed by atoms with van der Waals surface area (Å²) in [6.07, 6.45) is 7.33. The van der Waals surface area contributed by atoms with E-state index in [1.807, 2.05) is 23.3 Å². The number of hydrogen-bond acceptors (Lipinski definition) is 8. The van der Waals surface area contributed by atoms with E-state index in [1.165, 1.54) is 29.4 Å². The normalized spacial score (nSPS) is 24.8. The molecule has 4 heterocycles. The number of benzene rings is 1. The molecule has 0 saturated carbocycles. The quantitative estimate of drug-likeness (QED) is 0.605. The fourth-order valence-corrected chi connectivity index (χ4v) is 5.60. The number of nitrogens with one attached hydrogen (secondary N) is 2. The molecule has 1 unspecified atom stereocenters. The van der Waals surface area contributed by atoms with Crippen molar-refractivity contribution in [3.63, 3.8) is 0 Å². The van der Waals surface area contributed by atoms with Crippen LogP contribution >= 0.6 is 11.5 Å². The maximum atomic E-state index is 15.5. The monoisotopic (exact) mass is 513 g/mol. The van der Waals surface area contributed by atoms with Crippen LogP contribution in [-0.2, 0) is 19.9 Å². The lowest BCUT2D eigenvalue weighted by molar-refractivity contribution is -0.119. The number of rotatable bonds is 6. The number of aryl methyl sites for hydroxylation is 1. The molecule has 1 aromatic heterocycles. The highest BCUT2D eigenvalue weighted by Gasteiger charge is 2.37. The summed E-state index contributed by atoms with van der Waals surface area (Å²) in [5.41, 5.74) is 6.17. The fraction of sp³-hybridized carbons (Fsp3) is 0.400. The number of anilines is 2. The first-order chi connectivity index (χ1) is 17.4. The van der Waals surface area contributed by atoms with Gasteiger partial charge in [-0.3, -0.25) is 9.69 Å². The third kappa shape index (κ3) is 4.68. The predicted octanol–water partition coefficient (Wildman–Crippen LogP) is 3.87. The first kappa shape index (κ1) is 24.3. The molecule has 36 heavy (non-hydrogen) atoms. The first-order valence-electron chi connectivity index (χ1n) is 11.9. The standard InChI is InChI=1S/C25H28FN5O4S/c1-16-21(15-36-28-16)25(8-10-34-29-25)12-19-5-3-4-9-30(19)23-7-6-18(11-22(23)26)31-14-20(35-24(31)33)13-27-17(2)32/h6-8,10-12,15,20,29H,3-5,9,13-14H2,1-2H3,(H,27,32)/t20-,25?/m0/s1. The van der Waals surface area contributed by atoms with Crippen LogP contribution in [0.25, 0.3) is 0 Å². The average Bonchev–Trinajstić information content (AvgIpc) is 3.59. The van der Waals surface area contributed by atoms with E-state index in [0.29, 0.717) is 17.9 Å². The summed E-state index contributed by atoms with van der Waals surface area (Å²) in [4.78, 5) is 32.3. The first-order valence-corrected chi connectivity index (χ1v) is 12.7. The zero-order chi connectivity index (χ0) is 25.3. The Morgan fingerprint density at radius 2 is 2.25 bits per heavy atom. The maximum absolute atomic E-state index is 15.5. The number of aromatic nitrogens is 1. The number of halogens is 1. The largest absolute Gasteiger partial charge is 0.442 e. The number of allylic oxidation sites excluding steroid dienone is 1. The molecule has 2 atom stereocenters. The van der Waals surface area contributed by atoms with Crippen LogP contribution < -0.4 is 20.6 Å². The Hall–Kier alpha value is -3.44. The molecule has 9 nitrogen and oxygen atoms in total. The van der Waals surface area contributed by atoms with Crippen molar-refractivity contribution in [3.8, 4) is 0 Å². The minimum Gasteiger partial charge on any atom is -0.442 e. The summed E-state index contributed by atoms with van der Waals surface area (Å²) in [6, 6.07) is 4.80. The van der Waals surface area contributed by atoms with Gasteiger partial charge in [0.1, 0.15) is 23.7 Å². The summed E-state index contributed by atoms with van der Waals surface area (Å²) in [6.45, 7) is 4.49. The smallest absolute Gasteiger partial charge is 0.414 e. The maximum Gasteiger partial charge on any atom is 0.414 e. The Kier molecular flexibility index (Phi) is 6.67. The number of ether oxygens (including phenoxy) is 1. The molecule has 5 rings (SSSR count). The SMILES string of the molecule is CC(=O)NC[C@H]1CN(c2ccc(N3CCCCC3=CC3(c4csnc4C)C=CON3)c(F)c2)C(=O)O1. The molecule has 2 amide bonds. The summed E-state index contributed by atoms with van der Waals surface area (Å²) in [5, 5.41) is 4.64. The van der Waals surface area contributed by atoms with Gasteiger partial charge >= 0.3 is 6.09 Å². The molecule has 2 saturated heterocycles. The number of hydrogen-bond donors (Lipinski definition) is 2. The molecule has 0 aliphatic carbocycles. The van der Waals surface area contributed by atoms with Crippen molar-refractivity contribution in [2.75, 3.05) is 29.4 Å². The highest BCUT2D eigenvalue weighted by Crippen LogP contribution is 2.38. The van der Waals surface area contributed by atoms with E-state index in [9.17, 15) is 9.59 Å². The molecule has 0 spiro atoms. The van der Waals surface area contributed by atoms with E-state index >= 15 is 4.39 Å². The summed E-state index contributed by atoms with van der Waals surface area (Å²) < 4.78 is 25.2. The summed E-state index contributed by atoms with van der Waals surface area (Å²) in [5.74, 6) is -0.626. The van der Waals surface area contributed by atoms with Crippen LogP contribution in [0.1, 0.15) is 37.4 Å². The molecule has 0 radical (unpaired) electrons. The number of cyclic esters (lactones) is 1. The van der Waals surface area contributed by atoms with Crippen LogP contribution in [-0.4, -0.2) is 42.1 Å². The fourth-order valence-electron chi connectivity index (χ4n) is 4.82. The highest BCUT2D eigenvalue weighted by molar-refractivity contribution is 7.03. The Morgan fingerprint density at radius 3 is 2.94 bits per heavy atom. The molecule has 2 fully saturated rings. The number of piperidine rings is 1. The Morgan fingerprint density at radius 1 is 1.39 bits per heavy atom. The van der Waals surface area contributed by atoms with Crippen molar-refractivity contribution >= 4 is 34.9 Å². The molecular formula is C25H28FN5O4S. The van der Waals surface area contributed by atoms with E-state index in [1.54, 1.807) is 18.4 Å². The van der Waals surface area contributed by atoms with Gasteiger partial charge in [0.15, 0.2) is 0 Å². The van der Waals surface area contributed by atoms with Gasteiger partial charge in [-0.2, -0.15) is 4.37 Å². The van der Waals surface area contributed by atoms with Gasteiger partial charge in [-0.1, -0.05) is 0 Å². The van der Waals surface area contributed by atoms with Gasteiger partial charge in [0.25, 0.3) is 0 Å². The topological polar surface area (TPSA) is 96.0 Å². The molecule has 2 aromatic rings. The van der Waals surface area contributed by atoms with Crippen molar-refractivity contribution in [2.24, 2.45) is 0 Å². The molecule has 3 aliphatic rings. The van der Waals surface area contributed by atoms with E-state index in [2.05, 4.69) is 21.2 Å². The second-order valence-electron chi connectivity index (χ2n) is 9.14. The van der Waals surface area contributed by atoms with Crippen LogP contribution in [0.2, 0.25) is 0 Å². The van der Waals surface area contributed by atoms with Gasteiger partial charge in [0.05, 0.1) is 30.2 Å². The minimum atomic E-state index is -0.680. The van der Waals surface area contributed by atoms with Crippen molar-refractivity contribution in [1.82, 2.24) is 15.2 Å². The highest BCUT2D eigenvalue weighted by atomic mass is 32.1. The number of amides is 2. The van der Waals surface area contributed by atoms with Crippen LogP contribution in [0.4, 0.5) is 20.6 Å². The molecule has 1 aromatic carbocycles.